The third-order valence-electron chi connectivity index (χ3n) is 3.47. The van der Waals surface area contributed by atoms with Gasteiger partial charge in [0.2, 0.25) is 0 Å². The molecule has 0 bridgehead atoms. The first-order valence-electron chi connectivity index (χ1n) is 8.31. The minimum absolute atomic E-state index is 0.323. The smallest absolute Gasteiger partial charge is 0.309 e. The van der Waals surface area contributed by atoms with Gasteiger partial charge in [-0.25, -0.2) is 0 Å². The van der Waals surface area contributed by atoms with Crippen molar-refractivity contribution in [2.24, 2.45) is 11.5 Å². The summed E-state index contributed by atoms with van der Waals surface area (Å²) < 4.78 is 10.7. The number of nitrogens with two attached hydrogens (primary N) is 2. The fourth-order valence-electron chi connectivity index (χ4n) is 1.93. The van der Waals surface area contributed by atoms with E-state index in [1.165, 1.54) is 0 Å². The first-order chi connectivity index (χ1) is 10.5. The van der Waals surface area contributed by atoms with E-state index in [-0.39, 0.29) is 11.9 Å². The Balaban J connectivity index is 4.10. The molecule has 4 N–H and O–H groups in total. The summed E-state index contributed by atoms with van der Waals surface area (Å²) in [6, 6.07) is 0. The molecule has 0 amide bonds. The van der Waals surface area contributed by atoms with Gasteiger partial charge in [-0.3, -0.25) is 9.59 Å². The minimum Gasteiger partial charge on any atom is -0.423 e. The predicted octanol–water partition coefficient (Wildman–Crippen LogP) is 2.24. The molecule has 0 unspecified atom stereocenters. The molecular formula is C16H32N2O4. The fourth-order valence-corrected chi connectivity index (χ4v) is 1.93. The molecule has 0 aliphatic rings. The minimum atomic E-state index is -1.17. The van der Waals surface area contributed by atoms with Gasteiger partial charge in [-0.05, 0) is 38.8 Å². The zero-order chi connectivity index (χ0) is 16.8. The van der Waals surface area contributed by atoms with E-state index >= 15 is 0 Å². The Hall–Kier alpha value is -1.14. The maximum atomic E-state index is 11.8. The van der Waals surface area contributed by atoms with Crippen molar-refractivity contribution in [2.75, 3.05) is 13.1 Å². The lowest BCUT2D eigenvalue weighted by molar-refractivity contribution is -0.223. The van der Waals surface area contributed by atoms with E-state index < -0.39 is 5.79 Å². The quantitative estimate of drug-likeness (QED) is 0.307. The molecule has 0 aliphatic carbocycles. The second kappa shape index (κ2) is 12.4. The van der Waals surface area contributed by atoms with Gasteiger partial charge in [0.05, 0.1) is 0 Å². The number of unbranched alkanes of at least 4 members (excludes halogenated alkanes) is 4. The Labute approximate surface area is 133 Å². The van der Waals surface area contributed by atoms with Crippen LogP contribution in [0.15, 0.2) is 0 Å². The molecule has 6 nitrogen and oxygen atoms in total. The van der Waals surface area contributed by atoms with Crippen LogP contribution in [0.25, 0.3) is 0 Å². The summed E-state index contributed by atoms with van der Waals surface area (Å²) in [6.07, 6.45) is 6.14. The molecule has 0 fully saturated rings. The summed E-state index contributed by atoms with van der Waals surface area (Å²) in [4.78, 5) is 23.6. The summed E-state index contributed by atoms with van der Waals surface area (Å²) in [6.45, 7) is 4.71. The molecule has 0 heterocycles. The Morgan fingerprint density at radius 1 is 0.818 bits per heavy atom. The van der Waals surface area contributed by atoms with Crippen molar-refractivity contribution >= 4 is 11.9 Å². The zero-order valence-electron chi connectivity index (χ0n) is 14.1. The van der Waals surface area contributed by atoms with Crippen molar-refractivity contribution in [1.82, 2.24) is 0 Å². The average molecular weight is 316 g/mol. The number of esters is 2. The maximum Gasteiger partial charge on any atom is 0.309 e. The molecule has 0 aliphatic heterocycles. The standard InChI is InChI=1S/C16H32N2O4/c1-3-16(2,21-14(19)10-6-4-8-12-17)22-15(20)11-7-5-9-13-18/h3-13,17-18H2,1-2H3. The lowest BCUT2D eigenvalue weighted by atomic mass is 10.2. The highest BCUT2D eigenvalue weighted by atomic mass is 16.7. The van der Waals surface area contributed by atoms with E-state index in [1.54, 1.807) is 6.92 Å². The molecule has 6 heteroatoms. The van der Waals surface area contributed by atoms with Gasteiger partial charge in [0.25, 0.3) is 5.79 Å². The van der Waals surface area contributed by atoms with Crippen LogP contribution in [0.4, 0.5) is 0 Å². The Kier molecular flexibility index (Phi) is 11.8. The molecule has 0 spiro atoms. The predicted molar refractivity (Wildman–Crippen MR) is 85.9 cm³/mol. The molecule has 0 aromatic carbocycles. The largest absolute Gasteiger partial charge is 0.423 e. The van der Waals surface area contributed by atoms with Crippen molar-refractivity contribution in [3.63, 3.8) is 0 Å². The highest BCUT2D eigenvalue weighted by Gasteiger charge is 2.30. The van der Waals surface area contributed by atoms with E-state index in [2.05, 4.69) is 0 Å². The molecule has 0 aromatic heterocycles. The van der Waals surface area contributed by atoms with Crippen LogP contribution in [0.2, 0.25) is 0 Å². The third-order valence-corrected chi connectivity index (χ3v) is 3.47. The summed E-state index contributed by atoms with van der Waals surface area (Å²) in [5.41, 5.74) is 10.8. The van der Waals surface area contributed by atoms with E-state index in [0.29, 0.717) is 32.4 Å². The van der Waals surface area contributed by atoms with Crippen LogP contribution >= 0.6 is 0 Å². The highest BCUT2D eigenvalue weighted by molar-refractivity contribution is 5.72. The highest BCUT2D eigenvalue weighted by Crippen LogP contribution is 2.20. The van der Waals surface area contributed by atoms with Gasteiger partial charge in [0.1, 0.15) is 0 Å². The van der Waals surface area contributed by atoms with Gasteiger partial charge >= 0.3 is 11.9 Å². The monoisotopic (exact) mass is 316 g/mol. The number of hydrogen-bond acceptors (Lipinski definition) is 6. The van der Waals surface area contributed by atoms with Crippen LogP contribution in [0, 0.1) is 0 Å². The average Bonchev–Trinajstić information content (AvgIpc) is 2.48. The molecular weight excluding hydrogens is 284 g/mol. The number of ether oxygens (including phenoxy) is 2. The van der Waals surface area contributed by atoms with Crippen LogP contribution in [0.1, 0.15) is 71.6 Å². The Morgan fingerprint density at radius 3 is 1.55 bits per heavy atom. The van der Waals surface area contributed by atoms with Crippen molar-refractivity contribution in [1.29, 1.82) is 0 Å². The van der Waals surface area contributed by atoms with Crippen molar-refractivity contribution < 1.29 is 19.1 Å². The summed E-state index contributed by atoms with van der Waals surface area (Å²) >= 11 is 0. The SMILES string of the molecule is CCC(C)(OC(=O)CCCCCN)OC(=O)CCCCCN. The molecule has 0 saturated heterocycles. The first kappa shape index (κ1) is 20.9. The molecule has 130 valence electrons. The molecule has 0 atom stereocenters. The summed E-state index contributed by atoms with van der Waals surface area (Å²) in [5, 5.41) is 0. The van der Waals surface area contributed by atoms with Gasteiger partial charge < -0.3 is 20.9 Å². The zero-order valence-corrected chi connectivity index (χ0v) is 14.1. The van der Waals surface area contributed by atoms with E-state index in [4.69, 9.17) is 20.9 Å². The van der Waals surface area contributed by atoms with Gasteiger partial charge in [0.15, 0.2) is 0 Å². The van der Waals surface area contributed by atoms with Crippen LogP contribution in [-0.4, -0.2) is 30.8 Å². The molecule has 22 heavy (non-hydrogen) atoms. The topological polar surface area (TPSA) is 105 Å². The first-order valence-corrected chi connectivity index (χ1v) is 8.31. The Bertz CT molecular complexity index is 295. The summed E-state index contributed by atoms with van der Waals surface area (Å²) in [5.74, 6) is -1.84. The maximum absolute atomic E-state index is 11.8. The van der Waals surface area contributed by atoms with Crippen molar-refractivity contribution in [3.8, 4) is 0 Å². The molecule has 0 aromatic rings. The lowest BCUT2D eigenvalue weighted by Gasteiger charge is -2.28. The van der Waals surface area contributed by atoms with Crippen molar-refractivity contribution in [2.45, 2.75) is 77.4 Å². The second-order valence-electron chi connectivity index (χ2n) is 5.63. The van der Waals surface area contributed by atoms with Gasteiger partial charge in [-0.1, -0.05) is 19.8 Å². The molecule has 0 saturated carbocycles. The van der Waals surface area contributed by atoms with Gasteiger partial charge in [-0.15, -0.1) is 0 Å². The van der Waals surface area contributed by atoms with E-state index in [1.807, 2.05) is 6.92 Å². The van der Waals surface area contributed by atoms with E-state index in [0.717, 1.165) is 38.5 Å². The number of carbonyl (C=O) groups excluding carboxylic acids is 2. The molecule has 0 radical (unpaired) electrons. The van der Waals surface area contributed by atoms with Crippen LogP contribution < -0.4 is 11.5 Å². The van der Waals surface area contributed by atoms with Crippen LogP contribution in [0.3, 0.4) is 0 Å². The normalized spacial score (nSPS) is 11.3. The number of rotatable bonds is 13. The number of carbonyl (C=O) groups is 2. The van der Waals surface area contributed by atoms with Gasteiger partial charge in [-0.2, -0.15) is 0 Å². The Morgan fingerprint density at radius 2 is 1.23 bits per heavy atom. The lowest BCUT2D eigenvalue weighted by Crippen LogP contribution is -2.36. The van der Waals surface area contributed by atoms with Crippen molar-refractivity contribution in [3.05, 3.63) is 0 Å². The fraction of sp³-hybridized carbons (Fsp3) is 0.875. The van der Waals surface area contributed by atoms with Crippen LogP contribution in [-0.2, 0) is 19.1 Å². The number of hydrogen-bond donors (Lipinski definition) is 2. The van der Waals surface area contributed by atoms with E-state index in [9.17, 15) is 9.59 Å². The van der Waals surface area contributed by atoms with Crippen LogP contribution in [0.5, 0.6) is 0 Å². The third kappa shape index (κ3) is 10.6. The second-order valence-corrected chi connectivity index (χ2v) is 5.63. The van der Waals surface area contributed by atoms with Gasteiger partial charge in [0, 0.05) is 26.2 Å². The molecule has 0 rings (SSSR count). The summed E-state index contributed by atoms with van der Waals surface area (Å²) in [7, 11) is 0.